The fourth-order valence-corrected chi connectivity index (χ4v) is 3.51. The van der Waals surface area contributed by atoms with Crippen LogP contribution in [0.5, 0.6) is 0 Å². The average molecular weight is 287 g/mol. The molecule has 4 nitrogen and oxygen atoms in total. The van der Waals surface area contributed by atoms with Gasteiger partial charge in [0.05, 0.1) is 5.92 Å². The van der Waals surface area contributed by atoms with Crippen molar-refractivity contribution in [2.24, 2.45) is 5.92 Å². The summed E-state index contributed by atoms with van der Waals surface area (Å²) < 4.78 is 0. The first kappa shape index (κ1) is 14.4. The van der Waals surface area contributed by atoms with E-state index >= 15 is 0 Å². The fourth-order valence-electron chi connectivity index (χ4n) is 3.51. The van der Waals surface area contributed by atoms with Gasteiger partial charge >= 0.3 is 0 Å². The third-order valence-corrected chi connectivity index (χ3v) is 4.72. The van der Waals surface area contributed by atoms with Gasteiger partial charge in [-0.05, 0) is 37.8 Å². The molecule has 0 radical (unpaired) electrons. The SMILES string of the molecule is O=C(NC1CCCCC1)[C@H]1CCCN(c2ccccn2)C1. The predicted molar refractivity (Wildman–Crippen MR) is 84.2 cm³/mol. The molecule has 0 aromatic carbocycles. The van der Waals surface area contributed by atoms with Crippen LogP contribution in [-0.2, 0) is 4.79 Å². The zero-order chi connectivity index (χ0) is 14.5. The van der Waals surface area contributed by atoms with E-state index in [-0.39, 0.29) is 11.8 Å². The highest BCUT2D eigenvalue weighted by Crippen LogP contribution is 2.23. The second-order valence-corrected chi connectivity index (χ2v) is 6.32. The lowest BCUT2D eigenvalue weighted by atomic mass is 9.93. The maximum atomic E-state index is 12.5. The monoisotopic (exact) mass is 287 g/mol. The van der Waals surface area contributed by atoms with Gasteiger partial charge in [-0.1, -0.05) is 25.3 Å². The average Bonchev–Trinajstić information content (AvgIpc) is 2.57. The highest BCUT2D eigenvalue weighted by atomic mass is 16.2. The van der Waals surface area contributed by atoms with Gasteiger partial charge in [0.15, 0.2) is 0 Å². The minimum Gasteiger partial charge on any atom is -0.356 e. The molecule has 1 N–H and O–H groups in total. The number of nitrogens with zero attached hydrogens (tertiary/aromatic N) is 2. The number of aromatic nitrogens is 1. The summed E-state index contributed by atoms with van der Waals surface area (Å²) in [5, 5.41) is 3.27. The highest BCUT2D eigenvalue weighted by Gasteiger charge is 2.28. The lowest BCUT2D eigenvalue weighted by Gasteiger charge is -2.34. The van der Waals surface area contributed by atoms with E-state index in [0.717, 1.165) is 44.6 Å². The molecule has 1 aromatic rings. The molecule has 4 heteroatoms. The number of hydrogen-bond donors (Lipinski definition) is 1. The Morgan fingerprint density at radius 2 is 2.00 bits per heavy atom. The minimum atomic E-state index is 0.114. The summed E-state index contributed by atoms with van der Waals surface area (Å²) >= 11 is 0. The van der Waals surface area contributed by atoms with Gasteiger partial charge in [-0.25, -0.2) is 4.98 Å². The van der Waals surface area contributed by atoms with Crippen LogP contribution in [0, 0.1) is 5.92 Å². The van der Waals surface area contributed by atoms with Crippen LogP contribution in [0.1, 0.15) is 44.9 Å². The molecule has 2 heterocycles. The van der Waals surface area contributed by atoms with Crippen molar-refractivity contribution in [3.8, 4) is 0 Å². The van der Waals surface area contributed by atoms with Crippen LogP contribution in [0.2, 0.25) is 0 Å². The van der Waals surface area contributed by atoms with E-state index in [1.54, 1.807) is 0 Å². The number of carbonyl (C=O) groups is 1. The van der Waals surface area contributed by atoms with Crippen LogP contribution in [0.25, 0.3) is 0 Å². The van der Waals surface area contributed by atoms with Crippen molar-refractivity contribution in [2.45, 2.75) is 51.0 Å². The minimum absolute atomic E-state index is 0.114. The Balaban J connectivity index is 1.56. The smallest absolute Gasteiger partial charge is 0.225 e. The van der Waals surface area contributed by atoms with Crippen molar-refractivity contribution < 1.29 is 4.79 Å². The number of amides is 1. The van der Waals surface area contributed by atoms with E-state index in [1.807, 2.05) is 24.4 Å². The second-order valence-electron chi connectivity index (χ2n) is 6.32. The number of nitrogens with one attached hydrogen (secondary N) is 1. The third kappa shape index (κ3) is 3.74. The topological polar surface area (TPSA) is 45.2 Å². The van der Waals surface area contributed by atoms with Crippen LogP contribution in [0.3, 0.4) is 0 Å². The zero-order valence-electron chi connectivity index (χ0n) is 12.6. The van der Waals surface area contributed by atoms with E-state index in [0.29, 0.717) is 6.04 Å². The Bertz CT molecular complexity index is 456. The van der Waals surface area contributed by atoms with Crippen molar-refractivity contribution >= 4 is 11.7 Å². The van der Waals surface area contributed by atoms with E-state index in [9.17, 15) is 4.79 Å². The molecular formula is C17H25N3O. The maximum absolute atomic E-state index is 12.5. The van der Waals surface area contributed by atoms with E-state index in [4.69, 9.17) is 0 Å². The molecule has 0 unspecified atom stereocenters. The molecule has 1 aliphatic heterocycles. The van der Waals surface area contributed by atoms with Gasteiger partial charge < -0.3 is 10.2 Å². The maximum Gasteiger partial charge on any atom is 0.225 e. The van der Waals surface area contributed by atoms with Crippen LogP contribution in [-0.4, -0.2) is 30.0 Å². The molecule has 2 aliphatic rings. The van der Waals surface area contributed by atoms with Crippen molar-refractivity contribution in [1.82, 2.24) is 10.3 Å². The van der Waals surface area contributed by atoms with Crippen LogP contribution >= 0.6 is 0 Å². The Morgan fingerprint density at radius 1 is 1.14 bits per heavy atom. The first-order valence-electron chi connectivity index (χ1n) is 8.29. The molecule has 21 heavy (non-hydrogen) atoms. The molecule has 3 rings (SSSR count). The van der Waals surface area contributed by atoms with Crippen molar-refractivity contribution in [3.63, 3.8) is 0 Å². The molecule has 1 aliphatic carbocycles. The molecule has 0 bridgehead atoms. The largest absolute Gasteiger partial charge is 0.356 e. The number of pyridine rings is 1. The van der Waals surface area contributed by atoms with E-state index in [1.165, 1.54) is 19.3 Å². The zero-order valence-corrected chi connectivity index (χ0v) is 12.6. The standard InChI is InChI=1S/C17H25N3O/c21-17(19-15-8-2-1-3-9-15)14-7-6-12-20(13-14)16-10-4-5-11-18-16/h4-5,10-11,14-15H,1-3,6-9,12-13H2,(H,19,21)/t14-/m0/s1. The summed E-state index contributed by atoms with van der Waals surface area (Å²) in [6.07, 6.45) is 10.0. The predicted octanol–water partition coefficient (Wildman–Crippen LogP) is 2.75. The van der Waals surface area contributed by atoms with Crippen molar-refractivity contribution in [1.29, 1.82) is 0 Å². The summed E-state index contributed by atoms with van der Waals surface area (Å²) in [5.74, 6) is 1.36. The second kappa shape index (κ2) is 6.92. The lowest BCUT2D eigenvalue weighted by molar-refractivity contribution is -0.126. The number of piperidine rings is 1. The number of anilines is 1. The molecule has 1 saturated heterocycles. The first-order chi connectivity index (χ1) is 10.3. The molecule has 114 valence electrons. The Labute approximate surface area is 126 Å². The van der Waals surface area contributed by atoms with Gasteiger partial charge in [-0.2, -0.15) is 0 Å². The normalized spacial score (nSPS) is 23.8. The van der Waals surface area contributed by atoms with Gasteiger partial charge in [0.1, 0.15) is 5.82 Å². The van der Waals surface area contributed by atoms with Crippen LogP contribution in [0.15, 0.2) is 24.4 Å². The van der Waals surface area contributed by atoms with Gasteiger partial charge in [-0.15, -0.1) is 0 Å². The van der Waals surface area contributed by atoms with Gasteiger partial charge in [0.2, 0.25) is 5.91 Å². The van der Waals surface area contributed by atoms with E-state index < -0.39 is 0 Å². The van der Waals surface area contributed by atoms with Gasteiger partial charge in [-0.3, -0.25) is 4.79 Å². The van der Waals surface area contributed by atoms with Crippen molar-refractivity contribution in [2.75, 3.05) is 18.0 Å². The van der Waals surface area contributed by atoms with E-state index in [2.05, 4.69) is 15.2 Å². The molecule has 1 amide bonds. The highest BCUT2D eigenvalue weighted by molar-refractivity contribution is 5.79. The van der Waals surface area contributed by atoms with Crippen molar-refractivity contribution in [3.05, 3.63) is 24.4 Å². The summed E-state index contributed by atoms with van der Waals surface area (Å²) in [6.45, 7) is 1.81. The molecule has 1 aromatic heterocycles. The number of rotatable bonds is 3. The fraction of sp³-hybridized carbons (Fsp3) is 0.647. The number of hydrogen-bond acceptors (Lipinski definition) is 3. The lowest BCUT2D eigenvalue weighted by Crippen LogP contribution is -2.46. The third-order valence-electron chi connectivity index (χ3n) is 4.72. The summed E-state index contributed by atoms with van der Waals surface area (Å²) in [6, 6.07) is 6.38. The molecule has 1 atom stereocenters. The Morgan fingerprint density at radius 3 is 2.76 bits per heavy atom. The van der Waals surface area contributed by atoms with Crippen LogP contribution in [0.4, 0.5) is 5.82 Å². The van der Waals surface area contributed by atoms with Crippen LogP contribution < -0.4 is 10.2 Å². The van der Waals surface area contributed by atoms with Gasteiger partial charge in [0.25, 0.3) is 0 Å². The first-order valence-corrected chi connectivity index (χ1v) is 8.29. The molecule has 0 spiro atoms. The Hall–Kier alpha value is -1.58. The summed E-state index contributed by atoms with van der Waals surface area (Å²) in [7, 11) is 0. The number of carbonyl (C=O) groups excluding carboxylic acids is 1. The molecule has 1 saturated carbocycles. The van der Waals surface area contributed by atoms with Gasteiger partial charge in [0, 0.05) is 25.3 Å². The molecular weight excluding hydrogens is 262 g/mol. The molecule has 2 fully saturated rings. The summed E-state index contributed by atoms with van der Waals surface area (Å²) in [4.78, 5) is 19.1. The Kier molecular flexibility index (Phi) is 4.73. The summed E-state index contributed by atoms with van der Waals surface area (Å²) in [5.41, 5.74) is 0. The quantitative estimate of drug-likeness (QED) is 0.929.